The van der Waals surface area contributed by atoms with Gasteiger partial charge in [0.2, 0.25) is 0 Å². The van der Waals surface area contributed by atoms with Gasteiger partial charge < -0.3 is 20.3 Å². The van der Waals surface area contributed by atoms with E-state index in [0.717, 1.165) is 23.6 Å². The van der Waals surface area contributed by atoms with Crippen molar-refractivity contribution in [2.24, 2.45) is 5.92 Å². The van der Waals surface area contributed by atoms with Gasteiger partial charge in [-0.3, -0.25) is 18.4 Å². The first kappa shape index (κ1) is 26.3. The van der Waals surface area contributed by atoms with Gasteiger partial charge in [-0.25, -0.2) is 14.4 Å². The van der Waals surface area contributed by atoms with Crippen LogP contribution in [-0.2, 0) is 33.6 Å². The largest absolute Gasteiger partial charge is 0.464 e. The number of aromatic nitrogens is 2. The maximum atomic E-state index is 13.3. The molecule has 14 heteroatoms. The van der Waals surface area contributed by atoms with Gasteiger partial charge in [-0.05, 0) is 25.8 Å². The minimum Gasteiger partial charge on any atom is -0.464 e. The fourth-order valence-electron chi connectivity index (χ4n) is 3.92. The first-order chi connectivity index (χ1) is 15.9. The van der Waals surface area contributed by atoms with Crippen LogP contribution in [0, 0.1) is 17.2 Å². The summed E-state index contributed by atoms with van der Waals surface area (Å²) >= 11 is 0. The van der Waals surface area contributed by atoms with Crippen LogP contribution in [0.25, 0.3) is 0 Å². The van der Waals surface area contributed by atoms with E-state index in [1.807, 2.05) is 13.8 Å². The Balaban J connectivity index is 1.79. The predicted octanol–water partition coefficient (Wildman–Crippen LogP) is 0.633. The van der Waals surface area contributed by atoms with Gasteiger partial charge >= 0.3 is 19.4 Å². The van der Waals surface area contributed by atoms with Gasteiger partial charge in [-0.2, -0.15) is 10.2 Å². The lowest BCUT2D eigenvalue weighted by Gasteiger charge is -2.40. The smallest absolute Gasteiger partial charge is 0.407 e. The molecule has 0 spiro atoms. The number of hydrogen-bond acceptors (Lipinski definition) is 11. The topological polar surface area (TPSA) is 188 Å². The van der Waals surface area contributed by atoms with E-state index in [9.17, 15) is 24.5 Å². The van der Waals surface area contributed by atoms with Crippen molar-refractivity contribution in [2.45, 2.75) is 70.1 Å². The lowest BCUT2D eigenvalue weighted by molar-refractivity contribution is -0.147. The summed E-state index contributed by atoms with van der Waals surface area (Å²) in [7, 11) is -4.16. The quantitative estimate of drug-likeness (QED) is 0.335. The Morgan fingerprint density at radius 3 is 2.79 bits per heavy atom. The molecule has 2 aliphatic heterocycles. The zero-order chi connectivity index (χ0) is 25.3. The number of nitriles is 1. The molecule has 0 aromatic carbocycles. The summed E-state index contributed by atoms with van der Waals surface area (Å²) in [6.07, 6.45) is -0.00141. The van der Waals surface area contributed by atoms with E-state index in [-0.39, 0.29) is 24.9 Å². The van der Waals surface area contributed by atoms with Crippen molar-refractivity contribution < 1.29 is 33.0 Å². The molecule has 3 rings (SSSR count). The minimum atomic E-state index is -4.16. The molecule has 4 N–H and O–H groups in total. The van der Waals surface area contributed by atoms with E-state index >= 15 is 0 Å². The number of nitrogens with one attached hydrogen (secondary N) is 1. The molecule has 6 atom stereocenters. The van der Waals surface area contributed by atoms with Crippen molar-refractivity contribution in [1.29, 1.82) is 5.26 Å². The molecule has 13 nitrogen and oxygen atoms in total. The standard InChI is InChI=1S/C20H30N5O8P/c1-5-13(6-2)9-30-16(26)12(3)24-34(29)31-10-14-19(4,33-34)17(27)20(11-21,32-14)25-8-7-15(22)23-18(25)28/h7-8,12-14,17,27H,5-6,9-10H2,1-4H3,(H,24,29)(H2,22,23,28)/t12-,14+,17+,19+,20+,34?/m0/s1. The Morgan fingerprint density at radius 2 is 2.21 bits per heavy atom. The average molecular weight is 499 g/mol. The Bertz CT molecular complexity index is 1070. The summed E-state index contributed by atoms with van der Waals surface area (Å²) in [5.74, 6) is -0.510. The summed E-state index contributed by atoms with van der Waals surface area (Å²) in [6.45, 7) is 6.68. The molecular weight excluding hydrogens is 469 g/mol. The van der Waals surface area contributed by atoms with Crippen LogP contribution in [0.15, 0.2) is 17.1 Å². The van der Waals surface area contributed by atoms with Crippen LogP contribution in [0.4, 0.5) is 5.82 Å². The van der Waals surface area contributed by atoms with Gasteiger partial charge in [0.25, 0.3) is 5.72 Å². The van der Waals surface area contributed by atoms with Crippen LogP contribution < -0.4 is 16.5 Å². The number of aliphatic hydroxyl groups excluding tert-OH is 1. The van der Waals surface area contributed by atoms with Crippen molar-refractivity contribution in [3.63, 3.8) is 0 Å². The number of nitrogen functional groups attached to an aromatic ring is 1. The minimum absolute atomic E-state index is 0.0798. The molecule has 1 unspecified atom stereocenters. The number of rotatable bonds is 8. The van der Waals surface area contributed by atoms with Crippen LogP contribution in [0.1, 0.15) is 40.5 Å². The third-order valence-corrected chi connectivity index (χ3v) is 8.08. The van der Waals surface area contributed by atoms with Gasteiger partial charge in [0.15, 0.2) is 0 Å². The fourth-order valence-corrected chi connectivity index (χ4v) is 5.75. The highest BCUT2D eigenvalue weighted by molar-refractivity contribution is 7.51. The third-order valence-electron chi connectivity index (χ3n) is 6.25. The molecule has 3 heterocycles. The van der Waals surface area contributed by atoms with E-state index in [0.29, 0.717) is 0 Å². The SMILES string of the molecule is CCC(CC)COC(=O)[C@H](C)NP1(=O)OC[C@H]2O[C@@](C#N)(n3ccc(N)nc3=O)[C@H](O)[C@]2(C)O1. The van der Waals surface area contributed by atoms with Crippen molar-refractivity contribution in [2.75, 3.05) is 18.9 Å². The molecule has 2 fully saturated rings. The summed E-state index contributed by atoms with van der Waals surface area (Å²) in [6, 6.07) is 2.01. The number of esters is 1. The van der Waals surface area contributed by atoms with Gasteiger partial charge in [-0.15, -0.1) is 0 Å². The van der Waals surface area contributed by atoms with Crippen molar-refractivity contribution in [3.8, 4) is 6.07 Å². The number of hydrogen-bond donors (Lipinski definition) is 3. The predicted molar refractivity (Wildman–Crippen MR) is 118 cm³/mol. The molecule has 0 aliphatic carbocycles. The maximum absolute atomic E-state index is 13.3. The van der Waals surface area contributed by atoms with E-state index < -0.39 is 49.0 Å². The molecule has 0 saturated carbocycles. The number of nitrogens with zero attached hydrogens (tertiary/aromatic N) is 3. The third kappa shape index (κ3) is 4.62. The van der Waals surface area contributed by atoms with Crippen LogP contribution in [0.2, 0.25) is 0 Å². The Kier molecular flexibility index (Phi) is 7.52. The van der Waals surface area contributed by atoms with Crippen LogP contribution >= 0.6 is 7.75 Å². The molecule has 2 aliphatic rings. The number of carbonyl (C=O) groups is 1. The number of aliphatic hydroxyl groups is 1. The lowest BCUT2D eigenvalue weighted by atomic mass is 9.90. The number of fused-ring (bicyclic) bond motifs is 1. The highest BCUT2D eigenvalue weighted by Crippen LogP contribution is 2.58. The van der Waals surface area contributed by atoms with Crippen molar-refractivity contribution >= 4 is 19.5 Å². The van der Waals surface area contributed by atoms with Gasteiger partial charge in [0, 0.05) is 6.20 Å². The van der Waals surface area contributed by atoms with E-state index in [2.05, 4.69) is 10.1 Å². The Hall–Kier alpha value is -2.33. The monoisotopic (exact) mass is 499 g/mol. The molecule has 0 amide bonds. The van der Waals surface area contributed by atoms with Crippen LogP contribution in [0.3, 0.4) is 0 Å². The van der Waals surface area contributed by atoms with Gasteiger partial charge in [0.05, 0.1) is 13.2 Å². The molecule has 34 heavy (non-hydrogen) atoms. The van der Waals surface area contributed by atoms with E-state index in [4.69, 9.17) is 24.3 Å². The first-order valence-corrected chi connectivity index (χ1v) is 12.5. The maximum Gasteiger partial charge on any atom is 0.407 e. The van der Waals surface area contributed by atoms with Crippen molar-refractivity contribution in [3.05, 3.63) is 22.7 Å². The summed E-state index contributed by atoms with van der Waals surface area (Å²) in [5.41, 5.74) is 0.598. The van der Waals surface area contributed by atoms with E-state index in [1.54, 1.807) is 6.07 Å². The zero-order valence-corrected chi connectivity index (χ0v) is 20.4. The zero-order valence-electron chi connectivity index (χ0n) is 19.5. The summed E-state index contributed by atoms with van der Waals surface area (Å²) in [4.78, 5) is 28.3. The number of ether oxygens (including phenoxy) is 2. The molecule has 1 aromatic heterocycles. The van der Waals surface area contributed by atoms with Crippen LogP contribution in [-0.4, -0.2) is 57.7 Å². The second-order valence-corrected chi connectivity index (χ2v) is 10.2. The van der Waals surface area contributed by atoms with Gasteiger partial charge in [-0.1, -0.05) is 26.7 Å². The molecule has 1 aromatic rings. The highest BCUT2D eigenvalue weighted by atomic mass is 31.2. The molecule has 2 saturated heterocycles. The van der Waals surface area contributed by atoms with Crippen molar-refractivity contribution in [1.82, 2.24) is 14.6 Å². The first-order valence-electron chi connectivity index (χ1n) is 11.0. The average Bonchev–Trinajstić information content (AvgIpc) is 3.00. The fraction of sp³-hybridized carbons (Fsp3) is 0.700. The second kappa shape index (κ2) is 9.73. The Labute approximate surface area is 196 Å². The highest BCUT2D eigenvalue weighted by Gasteiger charge is 2.68. The van der Waals surface area contributed by atoms with E-state index in [1.165, 1.54) is 19.9 Å². The number of anilines is 1. The van der Waals surface area contributed by atoms with Crippen LogP contribution in [0.5, 0.6) is 0 Å². The van der Waals surface area contributed by atoms with Gasteiger partial charge in [0.1, 0.15) is 35.7 Å². The molecule has 0 radical (unpaired) electrons. The summed E-state index contributed by atoms with van der Waals surface area (Å²) in [5, 5.41) is 23.5. The summed E-state index contributed by atoms with van der Waals surface area (Å²) < 4.78 is 36.2. The normalized spacial score (nSPS) is 33.8. The lowest BCUT2D eigenvalue weighted by Crippen LogP contribution is -2.56. The second-order valence-electron chi connectivity index (χ2n) is 8.55. The molecule has 0 bridgehead atoms. The number of carbonyl (C=O) groups excluding carboxylic acids is 1. The molecular formula is C20H30N5O8P. The molecule has 188 valence electrons. The Morgan fingerprint density at radius 1 is 1.53 bits per heavy atom. The number of nitrogens with two attached hydrogens (primary N) is 1.